The van der Waals surface area contributed by atoms with Gasteiger partial charge in [0.15, 0.2) is 5.78 Å². The smallest absolute Gasteiger partial charge is 0.240 e. The van der Waals surface area contributed by atoms with E-state index in [0.29, 0.717) is 11.3 Å². The number of hydrogen-bond donors (Lipinski definition) is 1. The SMILES string of the molecule is CC(=O)c1cccc(NCCC(F)F)c1. The van der Waals surface area contributed by atoms with Crippen molar-refractivity contribution >= 4 is 11.5 Å². The molecule has 0 saturated carbocycles. The Kier molecular flexibility index (Phi) is 4.21. The van der Waals surface area contributed by atoms with Crippen LogP contribution in [0.1, 0.15) is 23.7 Å². The van der Waals surface area contributed by atoms with Crippen molar-refractivity contribution in [2.45, 2.75) is 19.8 Å². The topological polar surface area (TPSA) is 29.1 Å². The van der Waals surface area contributed by atoms with Crippen molar-refractivity contribution in [1.29, 1.82) is 0 Å². The maximum absolute atomic E-state index is 11.9. The summed E-state index contributed by atoms with van der Waals surface area (Å²) in [7, 11) is 0. The van der Waals surface area contributed by atoms with Gasteiger partial charge >= 0.3 is 0 Å². The van der Waals surface area contributed by atoms with Crippen molar-refractivity contribution in [3.05, 3.63) is 29.8 Å². The molecule has 1 aromatic rings. The molecule has 0 aliphatic rings. The molecule has 82 valence electrons. The zero-order chi connectivity index (χ0) is 11.3. The second-order valence-electron chi connectivity index (χ2n) is 3.24. The molecule has 0 saturated heterocycles. The highest BCUT2D eigenvalue weighted by molar-refractivity contribution is 5.94. The molecule has 1 N–H and O–H groups in total. The van der Waals surface area contributed by atoms with Crippen LogP contribution < -0.4 is 5.32 Å². The van der Waals surface area contributed by atoms with E-state index in [-0.39, 0.29) is 18.7 Å². The Morgan fingerprint density at radius 1 is 1.47 bits per heavy atom. The Morgan fingerprint density at radius 2 is 2.20 bits per heavy atom. The third-order valence-electron chi connectivity index (χ3n) is 1.96. The lowest BCUT2D eigenvalue weighted by atomic mass is 10.1. The van der Waals surface area contributed by atoms with Gasteiger partial charge in [-0.1, -0.05) is 12.1 Å². The molecule has 0 bridgehead atoms. The molecule has 0 spiro atoms. The summed E-state index contributed by atoms with van der Waals surface area (Å²) in [5.74, 6) is -0.0347. The van der Waals surface area contributed by atoms with E-state index in [2.05, 4.69) is 5.32 Å². The van der Waals surface area contributed by atoms with Crippen LogP contribution in [0.25, 0.3) is 0 Å². The highest BCUT2D eigenvalue weighted by Gasteiger charge is 2.02. The van der Waals surface area contributed by atoms with Crippen LogP contribution in [0.2, 0.25) is 0 Å². The Hall–Kier alpha value is -1.45. The van der Waals surface area contributed by atoms with Crippen LogP contribution in [0.4, 0.5) is 14.5 Å². The van der Waals surface area contributed by atoms with Gasteiger partial charge < -0.3 is 5.32 Å². The Bertz CT molecular complexity index is 339. The maximum atomic E-state index is 11.9. The second-order valence-corrected chi connectivity index (χ2v) is 3.24. The van der Waals surface area contributed by atoms with Crippen molar-refractivity contribution in [2.24, 2.45) is 0 Å². The zero-order valence-electron chi connectivity index (χ0n) is 8.47. The molecule has 0 aliphatic carbocycles. The molecule has 15 heavy (non-hydrogen) atoms. The summed E-state index contributed by atoms with van der Waals surface area (Å²) in [6, 6.07) is 6.83. The van der Waals surface area contributed by atoms with E-state index in [1.54, 1.807) is 24.3 Å². The van der Waals surface area contributed by atoms with E-state index in [4.69, 9.17) is 0 Å². The minimum Gasteiger partial charge on any atom is -0.385 e. The van der Waals surface area contributed by atoms with Gasteiger partial charge in [0, 0.05) is 24.2 Å². The molecule has 0 atom stereocenters. The summed E-state index contributed by atoms with van der Waals surface area (Å²) in [6.45, 7) is 1.68. The summed E-state index contributed by atoms with van der Waals surface area (Å²) in [4.78, 5) is 11.0. The Morgan fingerprint density at radius 3 is 2.80 bits per heavy atom. The van der Waals surface area contributed by atoms with Gasteiger partial charge in [0.05, 0.1) is 0 Å². The highest BCUT2D eigenvalue weighted by atomic mass is 19.3. The number of rotatable bonds is 5. The van der Waals surface area contributed by atoms with Crippen LogP contribution in [0.5, 0.6) is 0 Å². The van der Waals surface area contributed by atoms with Gasteiger partial charge in [0.1, 0.15) is 0 Å². The highest BCUT2D eigenvalue weighted by Crippen LogP contribution is 2.11. The normalized spacial score (nSPS) is 10.4. The van der Waals surface area contributed by atoms with Crippen LogP contribution in [-0.4, -0.2) is 18.8 Å². The molecule has 2 nitrogen and oxygen atoms in total. The average molecular weight is 213 g/mol. The lowest BCUT2D eigenvalue weighted by Crippen LogP contribution is -2.06. The zero-order valence-corrected chi connectivity index (χ0v) is 8.47. The predicted octanol–water partition coefficient (Wildman–Crippen LogP) is 2.96. The molecule has 4 heteroatoms. The molecule has 0 unspecified atom stereocenters. The van der Waals surface area contributed by atoms with Gasteiger partial charge in [-0.15, -0.1) is 0 Å². The van der Waals surface area contributed by atoms with Crippen molar-refractivity contribution in [3.8, 4) is 0 Å². The molecule has 0 aliphatic heterocycles. The van der Waals surface area contributed by atoms with Crippen LogP contribution >= 0.6 is 0 Å². The van der Waals surface area contributed by atoms with E-state index in [1.165, 1.54) is 6.92 Å². The lowest BCUT2D eigenvalue weighted by Gasteiger charge is -2.06. The predicted molar refractivity (Wildman–Crippen MR) is 55.6 cm³/mol. The van der Waals surface area contributed by atoms with Gasteiger partial charge in [0.2, 0.25) is 6.43 Å². The molecular formula is C11H13F2NO. The number of hydrogen-bond acceptors (Lipinski definition) is 2. The van der Waals surface area contributed by atoms with Crippen LogP contribution in [-0.2, 0) is 0 Å². The van der Waals surface area contributed by atoms with Crippen molar-refractivity contribution < 1.29 is 13.6 Å². The molecular weight excluding hydrogens is 200 g/mol. The van der Waals surface area contributed by atoms with Crippen molar-refractivity contribution in [3.63, 3.8) is 0 Å². The van der Waals surface area contributed by atoms with Crippen molar-refractivity contribution in [2.75, 3.05) is 11.9 Å². The summed E-state index contributed by atoms with van der Waals surface area (Å²) in [5, 5.41) is 2.84. The van der Waals surface area contributed by atoms with Gasteiger partial charge in [-0.05, 0) is 19.1 Å². The number of ketones is 1. The second kappa shape index (κ2) is 5.44. The molecule has 0 heterocycles. The minimum atomic E-state index is -2.30. The number of alkyl halides is 2. The summed E-state index contributed by atoms with van der Waals surface area (Å²) >= 11 is 0. The van der Waals surface area contributed by atoms with Crippen LogP contribution in [0, 0.1) is 0 Å². The van der Waals surface area contributed by atoms with E-state index in [1.807, 2.05) is 0 Å². The number of anilines is 1. The number of benzene rings is 1. The van der Waals surface area contributed by atoms with E-state index < -0.39 is 6.43 Å². The number of Topliss-reactive ketones (excluding diaryl/α,β-unsaturated/α-hetero) is 1. The maximum Gasteiger partial charge on any atom is 0.240 e. The first-order chi connectivity index (χ1) is 7.09. The minimum absolute atomic E-state index is 0.0347. The van der Waals surface area contributed by atoms with Crippen LogP contribution in [0.3, 0.4) is 0 Å². The summed E-state index contributed by atoms with van der Waals surface area (Å²) in [6.07, 6.45) is -2.49. The van der Waals surface area contributed by atoms with Gasteiger partial charge in [-0.2, -0.15) is 0 Å². The molecule has 0 amide bonds. The van der Waals surface area contributed by atoms with Gasteiger partial charge in [0.25, 0.3) is 0 Å². The lowest BCUT2D eigenvalue weighted by molar-refractivity contribution is 0.101. The third kappa shape index (κ3) is 4.06. The molecule has 1 rings (SSSR count). The molecule has 0 fully saturated rings. The largest absolute Gasteiger partial charge is 0.385 e. The summed E-state index contributed by atoms with van der Waals surface area (Å²) in [5.41, 5.74) is 1.28. The Labute approximate surface area is 87.3 Å². The first-order valence-corrected chi connectivity index (χ1v) is 4.72. The van der Waals surface area contributed by atoms with Crippen LogP contribution in [0.15, 0.2) is 24.3 Å². The fourth-order valence-corrected chi connectivity index (χ4v) is 1.17. The third-order valence-corrected chi connectivity index (χ3v) is 1.96. The Balaban J connectivity index is 2.54. The fraction of sp³-hybridized carbons (Fsp3) is 0.364. The van der Waals surface area contributed by atoms with E-state index in [0.717, 1.165) is 0 Å². The quantitative estimate of drug-likeness (QED) is 0.762. The monoisotopic (exact) mass is 213 g/mol. The number of nitrogens with one attached hydrogen (secondary N) is 1. The first-order valence-electron chi connectivity index (χ1n) is 4.72. The fourth-order valence-electron chi connectivity index (χ4n) is 1.17. The number of carbonyl (C=O) groups is 1. The van der Waals surface area contributed by atoms with E-state index >= 15 is 0 Å². The molecule has 0 aromatic heterocycles. The number of halogens is 2. The summed E-state index contributed by atoms with van der Waals surface area (Å²) < 4.78 is 23.7. The van der Waals surface area contributed by atoms with Crippen molar-refractivity contribution in [1.82, 2.24) is 0 Å². The molecule has 0 radical (unpaired) electrons. The van der Waals surface area contributed by atoms with E-state index in [9.17, 15) is 13.6 Å². The standard InChI is InChI=1S/C11H13F2NO/c1-8(15)9-3-2-4-10(7-9)14-6-5-11(12)13/h2-4,7,11,14H,5-6H2,1H3. The number of carbonyl (C=O) groups excluding carboxylic acids is 1. The molecule has 1 aromatic carbocycles. The average Bonchev–Trinajstić information content (AvgIpc) is 2.17. The van der Waals surface area contributed by atoms with Gasteiger partial charge in [-0.25, -0.2) is 8.78 Å². The van der Waals surface area contributed by atoms with Gasteiger partial charge in [-0.3, -0.25) is 4.79 Å². The first kappa shape index (κ1) is 11.6.